The van der Waals surface area contributed by atoms with Gasteiger partial charge in [0.2, 0.25) is 0 Å². The van der Waals surface area contributed by atoms with Crippen molar-refractivity contribution in [1.82, 2.24) is 18.9 Å². The number of allylic oxidation sites excluding steroid dienone is 1. The van der Waals surface area contributed by atoms with E-state index in [0.717, 1.165) is 67.2 Å². The number of fused-ring (bicyclic) bond motifs is 7. The van der Waals surface area contributed by atoms with Crippen molar-refractivity contribution in [3.63, 3.8) is 0 Å². The Kier molecular flexibility index (Phi) is 5.80. The molecule has 8 rings (SSSR count). The molecule has 0 amide bonds. The quantitative estimate of drug-likeness (QED) is 0.199. The topological polar surface area (TPSA) is 35.1 Å². The minimum atomic E-state index is 0.886. The third kappa shape index (κ3) is 3.92. The first-order valence-electron chi connectivity index (χ1n) is 14.5. The molecule has 0 spiro atoms. The van der Waals surface area contributed by atoms with Crippen LogP contribution < -0.4 is 0 Å². The van der Waals surface area contributed by atoms with Gasteiger partial charge in [-0.05, 0) is 78.1 Å². The van der Waals surface area contributed by atoms with Crippen LogP contribution in [0.1, 0.15) is 18.3 Å². The van der Waals surface area contributed by atoms with Crippen LogP contribution in [-0.4, -0.2) is 18.9 Å². The molecule has 0 fully saturated rings. The minimum Gasteiger partial charge on any atom is -0.292 e. The maximum Gasteiger partial charge on any atom is 0.146 e. The van der Waals surface area contributed by atoms with Crippen molar-refractivity contribution in [3.8, 4) is 28.2 Å². The van der Waals surface area contributed by atoms with Crippen molar-refractivity contribution in [2.24, 2.45) is 0 Å². The molecule has 3 aromatic heterocycles. The molecule has 204 valence electrons. The Balaban J connectivity index is 1.28. The molecule has 4 heteroatoms. The predicted octanol–water partition coefficient (Wildman–Crippen LogP) is 9.99. The van der Waals surface area contributed by atoms with Crippen LogP contribution in [0, 0.1) is 0 Å². The van der Waals surface area contributed by atoms with Gasteiger partial charge in [0.05, 0.1) is 27.9 Å². The van der Waals surface area contributed by atoms with E-state index in [0.29, 0.717) is 0 Å². The third-order valence-corrected chi connectivity index (χ3v) is 8.21. The number of benzene rings is 5. The lowest BCUT2D eigenvalue weighted by Gasteiger charge is -2.12. The molecule has 0 N–H and O–H groups in total. The molecule has 4 nitrogen and oxygen atoms in total. The number of hydrogen-bond donors (Lipinski definition) is 0. The fraction of sp³-hybridized carbons (Fsp3) is 0.0256. The molecule has 0 bridgehead atoms. The lowest BCUT2D eigenvalue weighted by atomic mass is 9.98. The molecule has 0 aliphatic heterocycles. The summed E-state index contributed by atoms with van der Waals surface area (Å²) in [4.78, 5) is 10.0. The highest BCUT2D eigenvalue weighted by Gasteiger charge is 2.17. The van der Waals surface area contributed by atoms with Crippen LogP contribution in [0.3, 0.4) is 0 Å². The summed E-state index contributed by atoms with van der Waals surface area (Å²) in [5.74, 6) is 0.931. The van der Waals surface area contributed by atoms with E-state index in [4.69, 9.17) is 9.97 Å². The zero-order chi connectivity index (χ0) is 28.9. The summed E-state index contributed by atoms with van der Waals surface area (Å²) in [6, 6.07) is 42.7. The van der Waals surface area contributed by atoms with Gasteiger partial charge in [0.15, 0.2) is 0 Å². The van der Waals surface area contributed by atoms with Crippen LogP contribution in [0.2, 0.25) is 0 Å². The average Bonchev–Trinajstić information content (AvgIpc) is 3.64. The molecule has 3 heterocycles. The Labute approximate surface area is 249 Å². The van der Waals surface area contributed by atoms with Gasteiger partial charge in [-0.15, -0.1) is 0 Å². The van der Waals surface area contributed by atoms with Crippen molar-refractivity contribution < 1.29 is 0 Å². The summed E-state index contributed by atoms with van der Waals surface area (Å²) in [7, 11) is 0. The van der Waals surface area contributed by atoms with Gasteiger partial charge in [0, 0.05) is 22.0 Å². The highest BCUT2D eigenvalue weighted by atomic mass is 15.1. The fourth-order valence-electron chi connectivity index (χ4n) is 6.25. The minimum absolute atomic E-state index is 0.886. The van der Waals surface area contributed by atoms with E-state index in [2.05, 4.69) is 137 Å². The van der Waals surface area contributed by atoms with Gasteiger partial charge in [-0.3, -0.25) is 8.97 Å². The van der Waals surface area contributed by atoms with E-state index in [-0.39, 0.29) is 0 Å². The first-order valence-corrected chi connectivity index (χ1v) is 14.5. The van der Waals surface area contributed by atoms with Crippen molar-refractivity contribution in [2.75, 3.05) is 0 Å². The van der Waals surface area contributed by atoms with Gasteiger partial charge in [0.1, 0.15) is 11.5 Å². The van der Waals surface area contributed by atoms with E-state index in [1.807, 2.05) is 25.1 Å². The van der Waals surface area contributed by atoms with Crippen LogP contribution in [-0.2, 0) is 0 Å². The Morgan fingerprint density at radius 1 is 0.628 bits per heavy atom. The lowest BCUT2D eigenvalue weighted by molar-refractivity contribution is 1.10. The summed E-state index contributed by atoms with van der Waals surface area (Å²) >= 11 is 0. The van der Waals surface area contributed by atoms with Gasteiger partial charge in [-0.1, -0.05) is 91.5 Å². The van der Waals surface area contributed by atoms with Crippen molar-refractivity contribution in [2.45, 2.75) is 6.92 Å². The summed E-state index contributed by atoms with van der Waals surface area (Å²) in [6.07, 6.45) is 6.00. The molecular formula is C39H28N4. The molecule has 8 aromatic rings. The Morgan fingerprint density at radius 3 is 2.12 bits per heavy atom. The predicted molar refractivity (Wildman–Crippen MR) is 181 cm³/mol. The first-order chi connectivity index (χ1) is 21.2. The van der Waals surface area contributed by atoms with Gasteiger partial charge >= 0.3 is 0 Å². The molecular weight excluding hydrogens is 524 g/mol. The zero-order valence-corrected chi connectivity index (χ0v) is 23.8. The second kappa shape index (κ2) is 9.97. The Morgan fingerprint density at radius 2 is 1.33 bits per heavy atom. The van der Waals surface area contributed by atoms with Crippen LogP contribution in [0.25, 0.3) is 78.7 Å². The maximum atomic E-state index is 5.04. The van der Waals surface area contributed by atoms with E-state index >= 15 is 0 Å². The standard InChI is InChI=1S/C39H28N4/c1-3-12-36-33(4-2)40-39-31-24-23-28(25-32(31)30-15-8-10-17-35(30)43(36)39)26-19-21-27(22-20-26)38-41-34-16-9-11-18-37(34)42(38)29-13-6-5-7-14-29/h3-25H,2H2,1H3/b12-3-. The number of para-hydroxylation sites is 4. The van der Waals surface area contributed by atoms with Crippen molar-refractivity contribution in [1.29, 1.82) is 0 Å². The highest BCUT2D eigenvalue weighted by Crippen LogP contribution is 2.36. The van der Waals surface area contributed by atoms with Gasteiger partial charge < -0.3 is 0 Å². The van der Waals surface area contributed by atoms with E-state index in [1.165, 1.54) is 10.8 Å². The van der Waals surface area contributed by atoms with Crippen LogP contribution in [0.5, 0.6) is 0 Å². The Hall–Kier alpha value is -5.74. The summed E-state index contributed by atoms with van der Waals surface area (Å²) in [5, 5.41) is 3.50. The molecule has 0 radical (unpaired) electrons. The van der Waals surface area contributed by atoms with Gasteiger partial charge in [0.25, 0.3) is 0 Å². The normalized spacial score (nSPS) is 11.8. The number of rotatable bonds is 5. The summed E-state index contributed by atoms with van der Waals surface area (Å²) in [5.41, 5.74) is 10.6. The monoisotopic (exact) mass is 552 g/mol. The van der Waals surface area contributed by atoms with Crippen molar-refractivity contribution >= 4 is 50.5 Å². The second-order valence-corrected chi connectivity index (χ2v) is 10.7. The van der Waals surface area contributed by atoms with Crippen LogP contribution in [0.15, 0.2) is 134 Å². The molecule has 43 heavy (non-hydrogen) atoms. The number of aromatic nitrogens is 4. The summed E-state index contributed by atoms with van der Waals surface area (Å²) < 4.78 is 4.49. The number of imidazole rings is 2. The zero-order valence-electron chi connectivity index (χ0n) is 23.8. The lowest BCUT2D eigenvalue weighted by Crippen LogP contribution is -1.97. The number of nitrogens with zero attached hydrogens (tertiary/aromatic N) is 4. The Bertz CT molecular complexity index is 2350. The summed E-state index contributed by atoms with van der Waals surface area (Å²) in [6.45, 7) is 6.06. The molecule has 0 saturated heterocycles. The van der Waals surface area contributed by atoms with Crippen LogP contribution in [0.4, 0.5) is 0 Å². The largest absolute Gasteiger partial charge is 0.292 e. The third-order valence-electron chi connectivity index (χ3n) is 8.21. The highest BCUT2D eigenvalue weighted by molar-refractivity contribution is 6.13. The molecule has 0 atom stereocenters. The van der Waals surface area contributed by atoms with Crippen molar-refractivity contribution in [3.05, 3.63) is 145 Å². The van der Waals surface area contributed by atoms with Crippen LogP contribution >= 0.6 is 0 Å². The maximum absolute atomic E-state index is 5.04. The fourth-order valence-corrected chi connectivity index (χ4v) is 6.25. The van der Waals surface area contributed by atoms with E-state index < -0.39 is 0 Å². The smallest absolute Gasteiger partial charge is 0.146 e. The van der Waals surface area contributed by atoms with E-state index in [9.17, 15) is 0 Å². The van der Waals surface area contributed by atoms with Gasteiger partial charge in [-0.25, -0.2) is 9.97 Å². The molecule has 0 aliphatic carbocycles. The average molecular weight is 553 g/mol. The molecule has 0 unspecified atom stereocenters. The number of hydrogen-bond acceptors (Lipinski definition) is 2. The molecule has 0 aliphatic rings. The molecule has 5 aromatic carbocycles. The SMILES string of the molecule is C=Cc1nc2c3ccc(-c4ccc(-c5nc6ccccc6n5-c5ccccc5)cc4)cc3c3ccccc3n2c1/C=C\C. The van der Waals surface area contributed by atoms with E-state index in [1.54, 1.807) is 0 Å². The molecule has 0 saturated carbocycles. The number of pyridine rings is 1. The second-order valence-electron chi connectivity index (χ2n) is 10.7. The first kappa shape index (κ1) is 25.0. The van der Waals surface area contributed by atoms with Gasteiger partial charge in [-0.2, -0.15) is 0 Å².